The Balaban J connectivity index is 0.000000597. The topological polar surface area (TPSA) is 103 Å². The molecule has 0 bridgehead atoms. The predicted molar refractivity (Wildman–Crippen MR) is 100 cm³/mol. The van der Waals surface area contributed by atoms with Crippen molar-refractivity contribution < 1.29 is 27.6 Å². The monoisotopic (exact) mass is 381 g/mol. The summed E-state index contributed by atoms with van der Waals surface area (Å²) in [5.74, 6) is 1.54. The number of hydrogen-bond acceptors (Lipinski definition) is 4. The van der Waals surface area contributed by atoms with E-state index in [1.807, 2.05) is 6.92 Å². The van der Waals surface area contributed by atoms with Gasteiger partial charge in [0.25, 0.3) is 0 Å². The van der Waals surface area contributed by atoms with E-state index in [2.05, 4.69) is 67.0 Å². The summed E-state index contributed by atoms with van der Waals surface area (Å²) in [6.07, 6.45) is 2.23. The summed E-state index contributed by atoms with van der Waals surface area (Å²) in [5, 5.41) is 2.25. The molecule has 0 aromatic heterocycles. The lowest BCUT2D eigenvalue weighted by Crippen LogP contribution is -2.79. The van der Waals surface area contributed by atoms with E-state index in [9.17, 15) is 0 Å². The van der Waals surface area contributed by atoms with Crippen LogP contribution < -0.4 is 10.1 Å². The van der Waals surface area contributed by atoms with Crippen molar-refractivity contribution in [1.29, 1.82) is 0 Å². The van der Waals surface area contributed by atoms with Crippen LogP contribution in [0.5, 0.6) is 5.75 Å². The van der Waals surface area contributed by atoms with Crippen LogP contribution in [0.3, 0.4) is 0 Å². The van der Waals surface area contributed by atoms with E-state index in [0.29, 0.717) is 5.92 Å². The predicted octanol–water partition coefficient (Wildman–Crippen LogP) is 2.00. The number of ether oxygens (including phenoxy) is 1. The molecule has 0 heterocycles. The average Bonchev–Trinajstić information content (AvgIpc) is 2.59. The van der Waals surface area contributed by atoms with Crippen molar-refractivity contribution in [2.75, 3.05) is 20.2 Å². The molecule has 1 unspecified atom stereocenters. The second-order valence-electron chi connectivity index (χ2n) is 5.77. The van der Waals surface area contributed by atoms with Crippen LogP contribution in [0.25, 0.3) is 0 Å². The van der Waals surface area contributed by atoms with Crippen LogP contribution in [0.4, 0.5) is 0 Å². The molecule has 0 radical (unpaired) electrons. The zero-order chi connectivity index (χ0) is 19.4. The van der Waals surface area contributed by atoms with Crippen molar-refractivity contribution in [3.05, 3.63) is 65.7 Å². The molecule has 144 valence electrons. The SMILES string of the molecule is CCOc1ccccc1C(CC[NH2+]C)Cc1ccccc1.O=S(=O)([O-])O. The van der Waals surface area contributed by atoms with Crippen LogP contribution in [0, 0.1) is 0 Å². The quantitative estimate of drug-likeness (QED) is 0.538. The first-order valence-electron chi connectivity index (χ1n) is 8.56. The number of hydrogen-bond donors (Lipinski definition) is 2. The molecule has 0 saturated carbocycles. The van der Waals surface area contributed by atoms with Gasteiger partial charge in [-0.25, -0.2) is 8.42 Å². The van der Waals surface area contributed by atoms with Gasteiger partial charge in [0, 0.05) is 6.42 Å². The van der Waals surface area contributed by atoms with Crippen LogP contribution in [-0.4, -0.2) is 37.7 Å². The van der Waals surface area contributed by atoms with Gasteiger partial charge in [0.2, 0.25) is 10.4 Å². The number of para-hydroxylation sites is 1. The first-order chi connectivity index (χ1) is 12.3. The molecule has 0 aliphatic rings. The molecule has 6 nitrogen and oxygen atoms in total. The minimum atomic E-state index is -4.92. The van der Waals surface area contributed by atoms with Gasteiger partial charge >= 0.3 is 0 Å². The van der Waals surface area contributed by atoms with Crippen molar-refractivity contribution in [1.82, 2.24) is 0 Å². The Morgan fingerprint density at radius 3 is 2.27 bits per heavy atom. The third-order valence-electron chi connectivity index (χ3n) is 3.79. The van der Waals surface area contributed by atoms with Crippen molar-refractivity contribution in [3.8, 4) is 5.75 Å². The van der Waals surface area contributed by atoms with Gasteiger partial charge in [-0.2, -0.15) is 0 Å². The Hall–Kier alpha value is -1.93. The molecule has 7 heteroatoms. The highest BCUT2D eigenvalue weighted by Gasteiger charge is 2.17. The Kier molecular flexibility index (Phi) is 9.90. The van der Waals surface area contributed by atoms with Crippen LogP contribution >= 0.6 is 0 Å². The highest BCUT2D eigenvalue weighted by Crippen LogP contribution is 2.31. The minimum absolute atomic E-state index is 0.506. The van der Waals surface area contributed by atoms with E-state index in [1.165, 1.54) is 11.1 Å². The fourth-order valence-corrected chi connectivity index (χ4v) is 2.74. The molecule has 26 heavy (non-hydrogen) atoms. The van der Waals surface area contributed by atoms with E-state index in [0.717, 1.165) is 31.7 Å². The van der Waals surface area contributed by atoms with Gasteiger partial charge in [-0.1, -0.05) is 48.5 Å². The molecule has 2 aromatic rings. The Labute approximate surface area is 155 Å². The first-order valence-corrected chi connectivity index (χ1v) is 9.93. The third kappa shape index (κ3) is 9.53. The number of quaternary nitrogens is 1. The van der Waals surface area contributed by atoms with E-state index >= 15 is 0 Å². The zero-order valence-electron chi connectivity index (χ0n) is 15.2. The van der Waals surface area contributed by atoms with Crippen molar-refractivity contribution in [2.45, 2.75) is 25.7 Å². The minimum Gasteiger partial charge on any atom is -0.726 e. The van der Waals surface area contributed by atoms with E-state index in [-0.39, 0.29) is 0 Å². The smallest absolute Gasteiger partial charge is 0.215 e. The van der Waals surface area contributed by atoms with E-state index < -0.39 is 10.4 Å². The molecule has 0 fully saturated rings. The molecule has 2 aromatic carbocycles. The molecule has 0 aliphatic carbocycles. The standard InChI is InChI=1S/C19H25NO.H2O4S/c1-3-21-19-12-8-7-11-18(19)17(13-14-20-2)15-16-9-5-4-6-10-16;1-5(2,3)4/h4-12,17,20H,3,13-15H2,1-2H3;(H2,1,2,3,4). The molecule has 2 rings (SSSR count). The summed E-state index contributed by atoms with van der Waals surface area (Å²) in [4.78, 5) is 0. The van der Waals surface area contributed by atoms with Gasteiger partial charge < -0.3 is 14.6 Å². The van der Waals surface area contributed by atoms with Crippen LogP contribution in [0.15, 0.2) is 54.6 Å². The Bertz CT molecular complexity index is 727. The first kappa shape index (κ1) is 22.1. The molecule has 3 N–H and O–H groups in total. The summed E-state index contributed by atoms with van der Waals surface area (Å²) in [7, 11) is -2.78. The zero-order valence-corrected chi connectivity index (χ0v) is 16.0. The molecular weight excluding hydrogens is 354 g/mol. The van der Waals surface area contributed by atoms with Crippen LogP contribution in [-0.2, 0) is 16.8 Å². The molecule has 1 atom stereocenters. The molecule has 0 amide bonds. The number of benzene rings is 2. The van der Waals surface area contributed by atoms with E-state index in [1.54, 1.807) is 0 Å². The van der Waals surface area contributed by atoms with Gasteiger partial charge in [0.15, 0.2) is 0 Å². The molecule has 0 spiro atoms. The van der Waals surface area contributed by atoms with Gasteiger partial charge in [-0.05, 0) is 36.5 Å². The van der Waals surface area contributed by atoms with Gasteiger partial charge in [-0.15, -0.1) is 0 Å². The molecular formula is C19H27NO5S. The fourth-order valence-electron chi connectivity index (χ4n) is 2.74. The van der Waals surface area contributed by atoms with Crippen LogP contribution in [0.2, 0.25) is 0 Å². The maximum absolute atomic E-state index is 8.63. The molecule has 0 saturated heterocycles. The summed E-state index contributed by atoms with van der Waals surface area (Å²) in [5.41, 5.74) is 2.73. The number of nitrogens with two attached hydrogens (primary N) is 1. The fraction of sp³-hybridized carbons (Fsp3) is 0.368. The lowest BCUT2D eigenvalue weighted by atomic mass is 9.88. The second-order valence-corrected chi connectivity index (χ2v) is 6.63. The second kappa shape index (κ2) is 11.6. The van der Waals surface area contributed by atoms with Gasteiger partial charge in [0.1, 0.15) is 5.75 Å². The molecule has 0 aliphatic heterocycles. The normalized spacial score (nSPS) is 12.0. The van der Waals surface area contributed by atoms with Crippen molar-refractivity contribution >= 4 is 10.4 Å². The van der Waals surface area contributed by atoms with Crippen LogP contribution in [0.1, 0.15) is 30.4 Å². The maximum atomic E-state index is 8.63. The highest BCUT2D eigenvalue weighted by atomic mass is 32.3. The maximum Gasteiger partial charge on any atom is 0.215 e. The highest BCUT2D eigenvalue weighted by molar-refractivity contribution is 7.79. The van der Waals surface area contributed by atoms with Crippen molar-refractivity contribution in [3.63, 3.8) is 0 Å². The number of rotatable bonds is 8. The lowest BCUT2D eigenvalue weighted by molar-refractivity contribution is -0.627. The lowest BCUT2D eigenvalue weighted by Gasteiger charge is -2.20. The summed E-state index contributed by atoms with van der Waals surface area (Å²) in [6, 6.07) is 19.2. The van der Waals surface area contributed by atoms with Gasteiger partial charge in [0.05, 0.1) is 20.2 Å². The average molecular weight is 381 g/mol. The summed E-state index contributed by atoms with van der Waals surface area (Å²) >= 11 is 0. The summed E-state index contributed by atoms with van der Waals surface area (Å²) in [6.45, 7) is 3.90. The summed E-state index contributed by atoms with van der Waals surface area (Å²) < 4.78 is 38.7. The third-order valence-corrected chi connectivity index (χ3v) is 3.79. The largest absolute Gasteiger partial charge is 0.726 e. The Morgan fingerprint density at radius 2 is 1.69 bits per heavy atom. The Morgan fingerprint density at radius 1 is 1.12 bits per heavy atom. The van der Waals surface area contributed by atoms with Gasteiger partial charge in [-0.3, -0.25) is 4.55 Å². The van der Waals surface area contributed by atoms with E-state index in [4.69, 9.17) is 22.3 Å². The van der Waals surface area contributed by atoms with Crippen molar-refractivity contribution in [2.24, 2.45) is 0 Å².